The topological polar surface area (TPSA) is 38.3 Å². The summed E-state index contributed by atoms with van der Waals surface area (Å²) in [4.78, 5) is 11.0. The SMILES string of the molecule is C=CC(=O)Nc1cccc(OC(C)C)c1. The van der Waals surface area contributed by atoms with Gasteiger partial charge in [-0.05, 0) is 32.1 Å². The zero-order valence-corrected chi connectivity index (χ0v) is 8.99. The normalized spacial score (nSPS) is 9.80. The Hall–Kier alpha value is -1.77. The summed E-state index contributed by atoms with van der Waals surface area (Å²) in [6.45, 7) is 7.29. The van der Waals surface area contributed by atoms with Gasteiger partial charge in [-0.1, -0.05) is 12.6 Å². The van der Waals surface area contributed by atoms with Crippen LogP contribution in [0.3, 0.4) is 0 Å². The average Bonchev–Trinajstić information content (AvgIpc) is 2.17. The molecule has 1 N–H and O–H groups in total. The predicted molar refractivity (Wildman–Crippen MR) is 61.0 cm³/mol. The highest BCUT2D eigenvalue weighted by molar-refractivity contribution is 5.98. The van der Waals surface area contributed by atoms with E-state index < -0.39 is 0 Å². The average molecular weight is 205 g/mol. The van der Waals surface area contributed by atoms with E-state index in [9.17, 15) is 4.79 Å². The Labute approximate surface area is 89.8 Å². The molecule has 0 aromatic heterocycles. The van der Waals surface area contributed by atoms with Crippen LogP contribution in [0.1, 0.15) is 13.8 Å². The van der Waals surface area contributed by atoms with Gasteiger partial charge in [-0.3, -0.25) is 4.79 Å². The lowest BCUT2D eigenvalue weighted by Crippen LogP contribution is -2.08. The second-order valence-electron chi connectivity index (χ2n) is 3.39. The van der Waals surface area contributed by atoms with Crippen molar-refractivity contribution in [2.24, 2.45) is 0 Å². The van der Waals surface area contributed by atoms with Crippen molar-refractivity contribution in [3.05, 3.63) is 36.9 Å². The van der Waals surface area contributed by atoms with Crippen LogP contribution in [0.2, 0.25) is 0 Å². The van der Waals surface area contributed by atoms with E-state index in [2.05, 4.69) is 11.9 Å². The van der Waals surface area contributed by atoms with E-state index in [1.165, 1.54) is 6.08 Å². The summed E-state index contributed by atoms with van der Waals surface area (Å²) in [5, 5.41) is 2.67. The molecular weight excluding hydrogens is 190 g/mol. The molecule has 1 aromatic carbocycles. The summed E-state index contributed by atoms with van der Waals surface area (Å²) in [7, 11) is 0. The first-order valence-electron chi connectivity index (χ1n) is 4.82. The van der Waals surface area contributed by atoms with E-state index in [0.29, 0.717) is 5.69 Å². The van der Waals surface area contributed by atoms with Gasteiger partial charge in [0, 0.05) is 11.8 Å². The van der Waals surface area contributed by atoms with Crippen LogP contribution in [0, 0.1) is 0 Å². The molecule has 3 nitrogen and oxygen atoms in total. The molecule has 0 bridgehead atoms. The van der Waals surface area contributed by atoms with Gasteiger partial charge in [0.15, 0.2) is 0 Å². The summed E-state index contributed by atoms with van der Waals surface area (Å²) in [5.41, 5.74) is 0.707. The third kappa shape index (κ3) is 3.85. The van der Waals surface area contributed by atoms with Gasteiger partial charge in [0.25, 0.3) is 0 Å². The monoisotopic (exact) mass is 205 g/mol. The van der Waals surface area contributed by atoms with Gasteiger partial charge >= 0.3 is 0 Å². The summed E-state index contributed by atoms with van der Waals surface area (Å²) in [6.07, 6.45) is 1.35. The number of hydrogen-bond donors (Lipinski definition) is 1. The van der Waals surface area contributed by atoms with Gasteiger partial charge in [-0.25, -0.2) is 0 Å². The summed E-state index contributed by atoms with van der Waals surface area (Å²) in [5.74, 6) is 0.517. The Balaban J connectivity index is 2.73. The highest BCUT2D eigenvalue weighted by Gasteiger charge is 2.00. The minimum absolute atomic E-state index is 0.121. The predicted octanol–water partition coefficient (Wildman–Crippen LogP) is 2.60. The molecule has 0 aliphatic carbocycles. The molecule has 0 atom stereocenters. The second-order valence-corrected chi connectivity index (χ2v) is 3.39. The number of ether oxygens (including phenoxy) is 1. The van der Waals surface area contributed by atoms with Crippen LogP contribution in [0.4, 0.5) is 5.69 Å². The van der Waals surface area contributed by atoms with Crippen LogP contribution in [0.25, 0.3) is 0 Å². The molecule has 0 fully saturated rings. The largest absolute Gasteiger partial charge is 0.491 e. The van der Waals surface area contributed by atoms with E-state index in [-0.39, 0.29) is 12.0 Å². The molecule has 0 saturated heterocycles. The standard InChI is InChI=1S/C12H15NO2/c1-4-12(14)13-10-6-5-7-11(8-10)15-9(2)3/h4-9H,1H2,2-3H3,(H,13,14). The maximum Gasteiger partial charge on any atom is 0.247 e. The van der Waals surface area contributed by atoms with E-state index >= 15 is 0 Å². The van der Waals surface area contributed by atoms with Crippen LogP contribution < -0.4 is 10.1 Å². The molecule has 1 aromatic rings. The molecule has 0 radical (unpaired) electrons. The molecule has 1 rings (SSSR count). The first kappa shape index (κ1) is 11.3. The van der Waals surface area contributed by atoms with Gasteiger partial charge < -0.3 is 10.1 Å². The third-order valence-corrected chi connectivity index (χ3v) is 1.66. The van der Waals surface area contributed by atoms with Crippen molar-refractivity contribution in [2.75, 3.05) is 5.32 Å². The summed E-state index contributed by atoms with van der Waals surface area (Å²) < 4.78 is 5.49. The molecule has 80 valence electrons. The van der Waals surface area contributed by atoms with Crippen LogP contribution in [0.5, 0.6) is 5.75 Å². The van der Waals surface area contributed by atoms with Crippen LogP contribution in [0.15, 0.2) is 36.9 Å². The zero-order chi connectivity index (χ0) is 11.3. The number of amides is 1. The molecule has 15 heavy (non-hydrogen) atoms. The highest BCUT2D eigenvalue weighted by atomic mass is 16.5. The maximum atomic E-state index is 11.0. The van der Waals surface area contributed by atoms with Crippen molar-refractivity contribution in [3.63, 3.8) is 0 Å². The number of benzene rings is 1. The highest BCUT2D eigenvalue weighted by Crippen LogP contribution is 2.18. The lowest BCUT2D eigenvalue weighted by Gasteiger charge is -2.10. The smallest absolute Gasteiger partial charge is 0.247 e. The van der Waals surface area contributed by atoms with E-state index in [0.717, 1.165) is 5.75 Å². The first-order valence-corrected chi connectivity index (χ1v) is 4.82. The molecule has 1 amide bonds. The quantitative estimate of drug-likeness (QED) is 0.767. The second kappa shape index (κ2) is 5.20. The van der Waals surface area contributed by atoms with Crippen LogP contribution in [-0.4, -0.2) is 12.0 Å². The maximum absolute atomic E-state index is 11.0. The minimum Gasteiger partial charge on any atom is -0.491 e. The molecule has 3 heteroatoms. The van der Waals surface area contributed by atoms with Crippen molar-refractivity contribution in [1.82, 2.24) is 0 Å². The van der Waals surface area contributed by atoms with E-state index in [4.69, 9.17) is 4.74 Å². The van der Waals surface area contributed by atoms with Crippen molar-refractivity contribution in [3.8, 4) is 5.75 Å². The van der Waals surface area contributed by atoms with Crippen molar-refractivity contribution in [1.29, 1.82) is 0 Å². The Morgan fingerprint density at radius 3 is 2.87 bits per heavy atom. The van der Waals surface area contributed by atoms with Crippen LogP contribution in [-0.2, 0) is 4.79 Å². The summed E-state index contributed by atoms with van der Waals surface area (Å²) >= 11 is 0. The van der Waals surface area contributed by atoms with Crippen molar-refractivity contribution in [2.45, 2.75) is 20.0 Å². The van der Waals surface area contributed by atoms with Gasteiger partial charge in [-0.15, -0.1) is 0 Å². The number of carbonyl (C=O) groups excluding carboxylic acids is 1. The molecular formula is C12H15NO2. The molecule has 0 spiro atoms. The Morgan fingerprint density at radius 1 is 1.53 bits per heavy atom. The number of carbonyl (C=O) groups is 1. The lowest BCUT2D eigenvalue weighted by molar-refractivity contribution is -0.111. The molecule has 0 unspecified atom stereocenters. The molecule has 0 saturated carbocycles. The van der Waals surface area contributed by atoms with Gasteiger partial charge in [0.05, 0.1) is 6.10 Å². The number of nitrogens with one attached hydrogen (secondary N) is 1. The Bertz CT molecular complexity index is 358. The Kier molecular flexibility index (Phi) is 3.92. The molecule has 0 aliphatic heterocycles. The van der Waals surface area contributed by atoms with Gasteiger partial charge in [0.2, 0.25) is 5.91 Å². The van der Waals surface area contributed by atoms with Gasteiger partial charge in [0.1, 0.15) is 5.75 Å². The van der Waals surface area contributed by atoms with E-state index in [1.54, 1.807) is 12.1 Å². The zero-order valence-electron chi connectivity index (χ0n) is 8.99. The molecule has 0 aliphatic rings. The molecule has 0 heterocycles. The Morgan fingerprint density at radius 2 is 2.27 bits per heavy atom. The lowest BCUT2D eigenvalue weighted by atomic mass is 10.3. The fourth-order valence-corrected chi connectivity index (χ4v) is 1.11. The first-order chi connectivity index (χ1) is 7.11. The summed E-state index contributed by atoms with van der Waals surface area (Å²) in [6, 6.07) is 7.26. The van der Waals surface area contributed by atoms with Crippen molar-refractivity contribution < 1.29 is 9.53 Å². The van der Waals surface area contributed by atoms with E-state index in [1.807, 2.05) is 26.0 Å². The fourth-order valence-electron chi connectivity index (χ4n) is 1.11. The number of anilines is 1. The van der Waals surface area contributed by atoms with Crippen LogP contribution >= 0.6 is 0 Å². The number of hydrogen-bond acceptors (Lipinski definition) is 2. The number of rotatable bonds is 4. The fraction of sp³-hybridized carbons (Fsp3) is 0.250. The van der Waals surface area contributed by atoms with Crippen molar-refractivity contribution >= 4 is 11.6 Å². The minimum atomic E-state index is -0.225. The van der Waals surface area contributed by atoms with Gasteiger partial charge in [-0.2, -0.15) is 0 Å². The third-order valence-electron chi connectivity index (χ3n) is 1.66.